The lowest BCUT2D eigenvalue weighted by atomic mass is 10.2. The average molecular weight is 385 g/mol. The average Bonchev–Trinajstić information content (AvgIpc) is 3.03. The second kappa shape index (κ2) is 6.48. The molecule has 0 aromatic carbocycles. The molecule has 3 heterocycles. The van der Waals surface area contributed by atoms with E-state index in [2.05, 4.69) is 35.9 Å². The molecule has 0 spiro atoms. The SMILES string of the molecule is CN(C)/C=N/c1ncnc2c1nc(Br)n2[C@H]1C[C@H](O)[C@@H](CO)O1. The topological polar surface area (TPSA) is 109 Å². The normalized spacial score (nSPS) is 24.8. The molecule has 1 aliphatic rings. The summed E-state index contributed by atoms with van der Waals surface area (Å²) in [5.74, 6) is 0.445. The van der Waals surface area contributed by atoms with Crippen LogP contribution in [0, 0.1) is 0 Å². The highest BCUT2D eigenvalue weighted by molar-refractivity contribution is 9.10. The van der Waals surface area contributed by atoms with E-state index in [1.807, 2.05) is 14.1 Å². The first-order chi connectivity index (χ1) is 11.0. The number of aliphatic imine (C=N–C) groups is 1. The lowest BCUT2D eigenvalue weighted by molar-refractivity contribution is -0.0439. The first kappa shape index (κ1) is 16.2. The summed E-state index contributed by atoms with van der Waals surface area (Å²) in [5, 5.41) is 19.2. The Morgan fingerprint density at radius 1 is 1.52 bits per heavy atom. The number of halogens is 1. The molecule has 1 fully saturated rings. The Morgan fingerprint density at radius 3 is 2.96 bits per heavy atom. The molecular formula is C13H17BrN6O3. The van der Waals surface area contributed by atoms with Crippen molar-refractivity contribution in [3.63, 3.8) is 0 Å². The Hall–Kier alpha value is -1.62. The molecule has 23 heavy (non-hydrogen) atoms. The Bertz CT molecular complexity index is 734. The summed E-state index contributed by atoms with van der Waals surface area (Å²) in [6.07, 6.45) is 1.56. The second-order valence-corrected chi connectivity index (χ2v) is 6.15. The highest BCUT2D eigenvalue weighted by atomic mass is 79.9. The van der Waals surface area contributed by atoms with Gasteiger partial charge in [0.2, 0.25) is 0 Å². The van der Waals surface area contributed by atoms with Crippen molar-refractivity contribution in [3.05, 3.63) is 11.1 Å². The molecular weight excluding hydrogens is 368 g/mol. The van der Waals surface area contributed by atoms with Crippen molar-refractivity contribution in [1.82, 2.24) is 24.4 Å². The molecule has 0 unspecified atom stereocenters. The number of aliphatic hydroxyl groups excluding tert-OH is 2. The van der Waals surface area contributed by atoms with Crippen LogP contribution in [-0.2, 0) is 4.74 Å². The molecule has 0 bridgehead atoms. The van der Waals surface area contributed by atoms with Crippen molar-refractivity contribution in [3.8, 4) is 0 Å². The second-order valence-electron chi connectivity index (χ2n) is 5.44. The fraction of sp³-hybridized carbons (Fsp3) is 0.538. The van der Waals surface area contributed by atoms with Gasteiger partial charge in [0.05, 0.1) is 19.0 Å². The van der Waals surface area contributed by atoms with Gasteiger partial charge in [-0.3, -0.25) is 4.57 Å². The van der Waals surface area contributed by atoms with Gasteiger partial charge in [0.25, 0.3) is 0 Å². The van der Waals surface area contributed by atoms with Gasteiger partial charge in [-0.2, -0.15) is 0 Å². The van der Waals surface area contributed by atoms with E-state index >= 15 is 0 Å². The molecule has 2 aromatic rings. The Morgan fingerprint density at radius 2 is 2.30 bits per heavy atom. The van der Waals surface area contributed by atoms with Crippen molar-refractivity contribution in [2.24, 2.45) is 4.99 Å². The molecule has 0 amide bonds. The summed E-state index contributed by atoms with van der Waals surface area (Å²) >= 11 is 3.39. The molecule has 1 saturated heterocycles. The van der Waals surface area contributed by atoms with Gasteiger partial charge in [-0.05, 0) is 15.9 Å². The molecule has 3 rings (SSSR count). The molecule has 0 aliphatic carbocycles. The van der Waals surface area contributed by atoms with Gasteiger partial charge in [-0.25, -0.2) is 19.9 Å². The van der Waals surface area contributed by atoms with E-state index < -0.39 is 18.4 Å². The van der Waals surface area contributed by atoms with Gasteiger partial charge in [0.1, 0.15) is 18.7 Å². The van der Waals surface area contributed by atoms with Crippen molar-refractivity contribution in [1.29, 1.82) is 0 Å². The van der Waals surface area contributed by atoms with Crippen molar-refractivity contribution >= 4 is 39.3 Å². The fourth-order valence-electron chi connectivity index (χ4n) is 2.43. The highest BCUT2D eigenvalue weighted by Gasteiger charge is 2.36. The van der Waals surface area contributed by atoms with Crippen LogP contribution in [0.3, 0.4) is 0 Å². The monoisotopic (exact) mass is 384 g/mol. The molecule has 9 nitrogen and oxygen atoms in total. The number of nitrogens with zero attached hydrogens (tertiary/aromatic N) is 6. The van der Waals surface area contributed by atoms with E-state index in [4.69, 9.17) is 4.74 Å². The van der Waals surface area contributed by atoms with Gasteiger partial charge < -0.3 is 19.8 Å². The quantitative estimate of drug-likeness (QED) is 0.447. The molecule has 2 aromatic heterocycles. The maximum Gasteiger partial charge on any atom is 0.185 e. The molecule has 1 aliphatic heterocycles. The van der Waals surface area contributed by atoms with E-state index in [1.54, 1.807) is 15.8 Å². The molecule has 2 N–H and O–H groups in total. The van der Waals surface area contributed by atoms with Crippen molar-refractivity contribution in [2.75, 3.05) is 20.7 Å². The van der Waals surface area contributed by atoms with E-state index in [1.165, 1.54) is 6.33 Å². The number of aliphatic hydroxyl groups is 2. The third-order valence-electron chi connectivity index (χ3n) is 3.50. The summed E-state index contributed by atoms with van der Waals surface area (Å²) in [6, 6.07) is 0. The number of ether oxygens (including phenoxy) is 1. The van der Waals surface area contributed by atoms with Crippen LogP contribution in [0.15, 0.2) is 16.1 Å². The van der Waals surface area contributed by atoms with Gasteiger partial charge in [0.15, 0.2) is 21.7 Å². The summed E-state index contributed by atoms with van der Waals surface area (Å²) in [5.41, 5.74) is 1.08. The Kier molecular flexibility index (Phi) is 4.57. The predicted octanol–water partition coefficient (Wildman–Crippen LogP) is 0.451. The first-order valence-electron chi connectivity index (χ1n) is 7.04. The van der Waals surface area contributed by atoms with Crippen LogP contribution in [0.5, 0.6) is 0 Å². The number of fused-ring (bicyclic) bond motifs is 1. The number of hydrogen-bond acceptors (Lipinski definition) is 7. The van der Waals surface area contributed by atoms with Crippen LogP contribution >= 0.6 is 15.9 Å². The minimum atomic E-state index is -0.734. The minimum absolute atomic E-state index is 0.241. The zero-order valence-electron chi connectivity index (χ0n) is 12.7. The van der Waals surface area contributed by atoms with Gasteiger partial charge in [-0.15, -0.1) is 0 Å². The molecule has 124 valence electrons. The molecule has 0 radical (unpaired) electrons. The van der Waals surface area contributed by atoms with Gasteiger partial charge in [-0.1, -0.05) is 0 Å². The van der Waals surface area contributed by atoms with Crippen molar-refractivity contribution < 1.29 is 14.9 Å². The third-order valence-corrected chi connectivity index (χ3v) is 4.06. The van der Waals surface area contributed by atoms with E-state index in [9.17, 15) is 10.2 Å². The smallest absolute Gasteiger partial charge is 0.185 e. The Balaban J connectivity index is 2.02. The summed E-state index contributed by atoms with van der Waals surface area (Å²) < 4.78 is 7.91. The highest BCUT2D eigenvalue weighted by Crippen LogP contribution is 2.35. The van der Waals surface area contributed by atoms with Crippen LogP contribution in [0.1, 0.15) is 12.6 Å². The number of aromatic nitrogens is 4. The maximum absolute atomic E-state index is 9.93. The minimum Gasteiger partial charge on any atom is -0.394 e. The zero-order valence-corrected chi connectivity index (χ0v) is 14.3. The zero-order chi connectivity index (χ0) is 16.6. The fourth-order valence-corrected chi connectivity index (χ4v) is 3.00. The first-order valence-corrected chi connectivity index (χ1v) is 7.84. The van der Waals surface area contributed by atoms with Gasteiger partial charge >= 0.3 is 0 Å². The summed E-state index contributed by atoms with van der Waals surface area (Å²) in [6.45, 7) is -0.241. The number of hydrogen-bond donors (Lipinski definition) is 2. The molecule has 10 heteroatoms. The van der Waals surface area contributed by atoms with E-state index in [-0.39, 0.29) is 6.61 Å². The summed E-state index contributed by atoms with van der Waals surface area (Å²) in [7, 11) is 3.72. The van der Waals surface area contributed by atoms with Crippen LogP contribution in [0.2, 0.25) is 0 Å². The predicted molar refractivity (Wildman–Crippen MR) is 86.5 cm³/mol. The molecule has 3 atom stereocenters. The summed E-state index contributed by atoms with van der Waals surface area (Å²) in [4.78, 5) is 18.9. The standard InChI is InChI=1S/C13H17BrN6O3/c1-19(2)6-17-11-10-12(16-5-15-11)20(13(14)18-10)9-3-7(22)8(4-21)23-9/h5-9,21-22H,3-4H2,1-2H3/b17-6+/t7-,8+,9+/m0/s1. The van der Waals surface area contributed by atoms with Crippen molar-refractivity contribution in [2.45, 2.75) is 24.9 Å². The van der Waals surface area contributed by atoms with Crippen LogP contribution < -0.4 is 0 Å². The Labute approximate surface area is 140 Å². The van der Waals surface area contributed by atoms with Crippen LogP contribution in [0.4, 0.5) is 5.82 Å². The largest absolute Gasteiger partial charge is 0.394 e. The lowest BCUT2D eigenvalue weighted by Gasteiger charge is -2.14. The van der Waals surface area contributed by atoms with Crippen LogP contribution in [0.25, 0.3) is 11.2 Å². The van der Waals surface area contributed by atoms with Gasteiger partial charge in [0, 0.05) is 20.5 Å². The third kappa shape index (κ3) is 3.07. The van der Waals surface area contributed by atoms with E-state index in [0.29, 0.717) is 28.1 Å². The van der Waals surface area contributed by atoms with E-state index in [0.717, 1.165) is 0 Å². The maximum atomic E-state index is 9.93. The number of imidazole rings is 1. The van der Waals surface area contributed by atoms with Crippen LogP contribution in [-0.4, -0.2) is 73.9 Å². The molecule has 0 saturated carbocycles. The number of rotatable bonds is 4. The lowest BCUT2D eigenvalue weighted by Crippen LogP contribution is -2.24.